The van der Waals surface area contributed by atoms with Crippen LogP contribution in [0, 0.1) is 0 Å². The van der Waals surface area contributed by atoms with Crippen molar-refractivity contribution < 1.29 is 9.59 Å². The molecule has 0 unspecified atom stereocenters. The molecule has 0 aliphatic carbocycles. The highest BCUT2D eigenvalue weighted by Crippen LogP contribution is 2.09. The quantitative estimate of drug-likeness (QED) is 0.621. The molecule has 3 amide bonds. The van der Waals surface area contributed by atoms with Crippen molar-refractivity contribution in [1.29, 1.82) is 0 Å². The topological polar surface area (TPSA) is 93.7 Å². The minimum absolute atomic E-state index is 0.0534. The Morgan fingerprint density at radius 1 is 0.968 bits per heavy atom. The molecule has 9 heteroatoms. The van der Waals surface area contributed by atoms with Crippen molar-refractivity contribution >= 4 is 17.9 Å². The van der Waals surface area contributed by atoms with Crippen LogP contribution in [0.2, 0.25) is 0 Å². The lowest BCUT2D eigenvalue weighted by molar-refractivity contribution is -0.121. The van der Waals surface area contributed by atoms with Crippen LogP contribution in [0.5, 0.6) is 0 Å². The van der Waals surface area contributed by atoms with Crippen LogP contribution in [0.3, 0.4) is 0 Å². The van der Waals surface area contributed by atoms with Crippen molar-refractivity contribution in [2.75, 3.05) is 57.8 Å². The highest BCUT2D eigenvalue weighted by Gasteiger charge is 2.18. The summed E-state index contributed by atoms with van der Waals surface area (Å²) in [5, 5.41) is 5.72. The van der Waals surface area contributed by atoms with Gasteiger partial charge in [-0.3, -0.25) is 9.69 Å². The molecule has 9 nitrogen and oxygen atoms in total. The number of anilines is 1. The van der Waals surface area contributed by atoms with Crippen LogP contribution in [-0.4, -0.2) is 84.6 Å². The van der Waals surface area contributed by atoms with Crippen LogP contribution in [-0.2, 0) is 11.3 Å². The first-order valence-corrected chi connectivity index (χ1v) is 10.7. The predicted molar refractivity (Wildman–Crippen MR) is 120 cm³/mol. The first-order chi connectivity index (χ1) is 15.1. The van der Waals surface area contributed by atoms with E-state index < -0.39 is 0 Å². The molecule has 2 N–H and O–H groups in total. The van der Waals surface area contributed by atoms with Crippen LogP contribution in [0.1, 0.15) is 12.0 Å². The van der Waals surface area contributed by atoms with E-state index >= 15 is 0 Å². The molecule has 31 heavy (non-hydrogen) atoms. The Labute approximate surface area is 183 Å². The van der Waals surface area contributed by atoms with Gasteiger partial charge in [0.1, 0.15) is 0 Å². The number of piperazine rings is 1. The average Bonchev–Trinajstić information content (AvgIpc) is 2.80. The highest BCUT2D eigenvalue weighted by atomic mass is 16.2. The summed E-state index contributed by atoms with van der Waals surface area (Å²) in [5.74, 6) is 0.717. The number of hydrogen-bond acceptors (Lipinski definition) is 6. The van der Waals surface area contributed by atoms with Crippen LogP contribution in [0.25, 0.3) is 0 Å². The summed E-state index contributed by atoms with van der Waals surface area (Å²) in [6, 6.07) is 11.4. The Balaban J connectivity index is 1.24. The molecule has 0 saturated carbocycles. The summed E-state index contributed by atoms with van der Waals surface area (Å²) in [7, 11) is 1.74. The second-order valence-corrected chi connectivity index (χ2v) is 7.55. The molecule has 1 aromatic carbocycles. The van der Waals surface area contributed by atoms with Gasteiger partial charge in [-0.2, -0.15) is 0 Å². The van der Waals surface area contributed by atoms with E-state index in [9.17, 15) is 9.59 Å². The molecule has 1 aliphatic heterocycles. The monoisotopic (exact) mass is 425 g/mol. The van der Waals surface area contributed by atoms with Crippen molar-refractivity contribution in [3.05, 3.63) is 54.4 Å². The number of urea groups is 1. The van der Waals surface area contributed by atoms with Gasteiger partial charge in [0.05, 0.1) is 0 Å². The van der Waals surface area contributed by atoms with Gasteiger partial charge >= 0.3 is 6.03 Å². The number of rotatable bonds is 9. The van der Waals surface area contributed by atoms with E-state index in [1.165, 1.54) is 0 Å². The lowest BCUT2D eigenvalue weighted by Gasteiger charge is -2.34. The van der Waals surface area contributed by atoms with Crippen LogP contribution >= 0.6 is 0 Å². The molecule has 0 radical (unpaired) electrons. The van der Waals surface area contributed by atoms with Crippen molar-refractivity contribution in [1.82, 2.24) is 30.4 Å². The number of carbonyl (C=O) groups is 2. The fourth-order valence-corrected chi connectivity index (χ4v) is 3.41. The Morgan fingerprint density at radius 2 is 1.68 bits per heavy atom. The summed E-state index contributed by atoms with van der Waals surface area (Å²) in [4.78, 5) is 38.9. The van der Waals surface area contributed by atoms with Crippen LogP contribution in [0.15, 0.2) is 48.8 Å². The molecule has 2 aromatic rings. The Morgan fingerprint density at radius 3 is 2.39 bits per heavy atom. The zero-order valence-corrected chi connectivity index (χ0v) is 18.0. The molecular weight excluding hydrogens is 394 g/mol. The lowest BCUT2D eigenvalue weighted by atomic mass is 10.2. The van der Waals surface area contributed by atoms with Crippen LogP contribution < -0.4 is 15.5 Å². The SMILES string of the molecule is CN(Cc1ccccc1)C(=O)NCCC(=O)NCCN1CCN(c2ncccn2)CC1. The van der Waals surface area contributed by atoms with Gasteiger partial charge < -0.3 is 20.4 Å². The third kappa shape index (κ3) is 7.53. The predicted octanol–water partition coefficient (Wildman–Crippen LogP) is 0.947. The van der Waals surface area contributed by atoms with Crippen LogP contribution in [0.4, 0.5) is 10.7 Å². The van der Waals surface area contributed by atoms with Crippen molar-refractivity contribution in [3.8, 4) is 0 Å². The number of aromatic nitrogens is 2. The fourth-order valence-electron chi connectivity index (χ4n) is 3.41. The van der Waals surface area contributed by atoms with Gasteiger partial charge in [-0.15, -0.1) is 0 Å². The third-order valence-electron chi connectivity index (χ3n) is 5.20. The van der Waals surface area contributed by atoms with E-state index in [0.717, 1.165) is 44.2 Å². The molecule has 166 valence electrons. The summed E-state index contributed by atoms with van der Waals surface area (Å²) in [6.07, 6.45) is 3.78. The molecule has 0 bridgehead atoms. The highest BCUT2D eigenvalue weighted by molar-refractivity contribution is 5.78. The van der Waals surface area contributed by atoms with E-state index in [4.69, 9.17) is 0 Å². The minimum atomic E-state index is -0.183. The van der Waals surface area contributed by atoms with Gasteiger partial charge in [0.2, 0.25) is 11.9 Å². The molecule has 0 spiro atoms. The van der Waals surface area contributed by atoms with Crippen molar-refractivity contribution in [2.24, 2.45) is 0 Å². The Kier molecular flexibility index (Phi) is 8.59. The first-order valence-electron chi connectivity index (χ1n) is 10.7. The summed E-state index contributed by atoms with van der Waals surface area (Å²) in [6.45, 7) is 5.84. The molecule has 3 rings (SSSR count). The van der Waals surface area contributed by atoms with Gasteiger partial charge in [-0.05, 0) is 11.6 Å². The molecule has 0 atom stereocenters. The molecule has 1 aliphatic rings. The zero-order valence-electron chi connectivity index (χ0n) is 18.0. The fraction of sp³-hybridized carbons (Fsp3) is 0.455. The second-order valence-electron chi connectivity index (χ2n) is 7.55. The van der Waals surface area contributed by atoms with Gasteiger partial charge in [-0.25, -0.2) is 14.8 Å². The molecule has 1 saturated heterocycles. The molecular formula is C22H31N7O2. The van der Waals surface area contributed by atoms with Gasteiger partial charge in [-0.1, -0.05) is 30.3 Å². The van der Waals surface area contributed by atoms with Gasteiger partial charge in [0.15, 0.2) is 0 Å². The Hall–Kier alpha value is -3.20. The number of carbonyl (C=O) groups excluding carboxylic acids is 2. The molecule has 1 fully saturated rings. The summed E-state index contributed by atoms with van der Waals surface area (Å²) < 4.78 is 0. The largest absolute Gasteiger partial charge is 0.355 e. The number of nitrogens with zero attached hydrogens (tertiary/aromatic N) is 5. The molecule has 2 heterocycles. The average molecular weight is 426 g/mol. The van der Waals surface area contributed by atoms with E-state index in [0.29, 0.717) is 19.6 Å². The normalized spacial score (nSPS) is 14.2. The number of hydrogen-bond donors (Lipinski definition) is 2. The zero-order chi connectivity index (χ0) is 21.9. The van der Waals surface area contributed by atoms with E-state index in [1.54, 1.807) is 24.3 Å². The number of nitrogens with one attached hydrogen (secondary N) is 2. The lowest BCUT2D eigenvalue weighted by Crippen LogP contribution is -2.49. The number of benzene rings is 1. The van der Waals surface area contributed by atoms with Gasteiger partial charge in [0, 0.05) is 78.2 Å². The summed E-state index contributed by atoms with van der Waals surface area (Å²) in [5.41, 5.74) is 1.06. The third-order valence-corrected chi connectivity index (χ3v) is 5.20. The maximum Gasteiger partial charge on any atom is 0.317 e. The van der Waals surface area contributed by atoms with E-state index in [1.807, 2.05) is 36.4 Å². The van der Waals surface area contributed by atoms with Crippen molar-refractivity contribution in [3.63, 3.8) is 0 Å². The standard InChI is InChI=1S/C22H31N7O2/c1-27(18-19-6-3-2-4-7-19)22(31)26-11-8-20(30)23-12-13-28-14-16-29(17-15-28)21-24-9-5-10-25-21/h2-7,9-10H,8,11-18H2,1H3,(H,23,30)(H,26,31). The smallest absolute Gasteiger partial charge is 0.317 e. The maximum atomic E-state index is 12.1. The first kappa shape index (κ1) is 22.5. The number of amides is 3. The molecule has 1 aromatic heterocycles. The minimum Gasteiger partial charge on any atom is -0.355 e. The Bertz CT molecular complexity index is 811. The second kappa shape index (κ2) is 11.8. The van der Waals surface area contributed by atoms with Gasteiger partial charge in [0.25, 0.3) is 0 Å². The van der Waals surface area contributed by atoms with Crippen molar-refractivity contribution in [2.45, 2.75) is 13.0 Å². The maximum absolute atomic E-state index is 12.1. The summed E-state index contributed by atoms with van der Waals surface area (Å²) >= 11 is 0. The van der Waals surface area contributed by atoms with E-state index in [-0.39, 0.29) is 18.4 Å². The van der Waals surface area contributed by atoms with E-state index in [2.05, 4.69) is 30.4 Å².